The number of hydrogen-bond donors (Lipinski definition) is 4. The number of benzene rings is 1. The van der Waals surface area contributed by atoms with Gasteiger partial charge in [-0.05, 0) is 46.3 Å². The van der Waals surface area contributed by atoms with Crippen molar-refractivity contribution in [1.82, 2.24) is 10.9 Å². The van der Waals surface area contributed by atoms with Gasteiger partial charge in [-0.2, -0.15) is 0 Å². The van der Waals surface area contributed by atoms with Gasteiger partial charge in [-0.15, -0.1) is 0 Å². The molecule has 1 rings (SSSR count). The number of hydrogen-bond acceptors (Lipinski definition) is 3. The molecule has 5 N–H and O–H groups in total. The molecule has 0 aliphatic carbocycles. The van der Waals surface area contributed by atoms with E-state index in [0.717, 1.165) is 0 Å². The molecule has 0 bridgehead atoms. The van der Waals surface area contributed by atoms with Crippen molar-refractivity contribution in [3.8, 4) is 5.75 Å². The number of halogens is 1. The van der Waals surface area contributed by atoms with Gasteiger partial charge in [0.15, 0.2) is 5.11 Å². The van der Waals surface area contributed by atoms with E-state index in [-0.39, 0.29) is 10.9 Å². The van der Waals surface area contributed by atoms with Gasteiger partial charge in [0.25, 0.3) is 5.91 Å². The number of phenols is 1. The average molecular weight is 290 g/mol. The molecule has 0 unspecified atom stereocenters. The first-order valence-corrected chi connectivity index (χ1v) is 5.05. The third kappa shape index (κ3) is 3.37. The van der Waals surface area contributed by atoms with Crippen molar-refractivity contribution in [2.45, 2.75) is 0 Å². The molecule has 1 aromatic carbocycles. The second-order valence-corrected chi connectivity index (χ2v) is 3.90. The van der Waals surface area contributed by atoms with E-state index >= 15 is 0 Å². The molecule has 0 saturated heterocycles. The van der Waals surface area contributed by atoms with Crippen LogP contribution in [0.4, 0.5) is 0 Å². The second-order valence-electron chi connectivity index (χ2n) is 2.61. The quantitative estimate of drug-likeness (QED) is 0.450. The number of amides is 1. The van der Waals surface area contributed by atoms with Crippen LogP contribution in [0.25, 0.3) is 0 Å². The van der Waals surface area contributed by atoms with E-state index in [1.807, 2.05) is 0 Å². The number of aromatic hydroxyl groups is 1. The predicted octanol–water partition coefficient (Wildman–Crippen LogP) is 0.633. The summed E-state index contributed by atoms with van der Waals surface area (Å²) in [7, 11) is 0. The molecule has 80 valence electrons. The molecule has 7 heteroatoms. The van der Waals surface area contributed by atoms with E-state index in [1.54, 1.807) is 12.1 Å². The van der Waals surface area contributed by atoms with Crippen LogP contribution in [0.3, 0.4) is 0 Å². The molecule has 1 aromatic rings. The lowest BCUT2D eigenvalue weighted by Gasteiger charge is -2.06. The van der Waals surface area contributed by atoms with Crippen LogP contribution in [0.2, 0.25) is 0 Å². The zero-order valence-corrected chi connectivity index (χ0v) is 9.85. The smallest absolute Gasteiger partial charge is 0.269 e. The Balaban J connectivity index is 2.74. The monoisotopic (exact) mass is 289 g/mol. The van der Waals surface area contributed by atoms with Crippen molar-refractivity contribution < 1.29 is 9.90 Å². The highest BCUT2D eigenvalue weighted by molar-refractivity contribution is 9.10. The fourth-order valence-corrected chi connectivity index (χ4v) is 1.14. The molecule has 5 nitrogen and oxygen atoms in total. The first kappa shape index (κ1) is 11.7. The predicted molar refractivity (Wildman–Crippen MR) is 63.2 cm³/mol. The van der Waals surface area contributed by atoms with E-state index < -0.39 is 5.91 Å². The SMILES string of the molecule is NC(=S)NNC(=O)c1ccc(Br)c(O)c1. The fraction of sp³-hybridized carbons (Fsp3) is 0. The maximum atomic E-state index is 11.4. The average Bonchev–Trinajstić information content (AvgIpc) is 2.18. The summed E-state index contributed by atoms with van der Waals surface area (Å²) in [6.45, 7) is 0. The highest BCUT2D eigenvalue weighted by Crippen LogP contribution is 2.23. The zero-order chi connectivity index (χ0) is 11.4. The van der Waals surface area contributed by atoms with E-state index in [0.29, 0.717) is 10.0 Å². The number of phenolic OH excluding ortho intramolecular Hbond substituents is 1. The Bertz CT molecular complexity index is 411. The first-order chi connectivity index (χ1) is 7.00. The zero-order valence-electron chi connectivity index (χ0n) is 7.45. The Labute approximate surface area is 99.8 Å². The highest BCUT2D eigenvalue weighted by Gasteiger charge is 2.07. The minimum absolute atomic E-state index is 0.0158. The van der Waals surface area contributed by atoms with Crippen LogP contribution in [0.5, 0.6) is 5.75 Å². The number of hydrazine groups is 1. The second kappa shape index (κ2) is 4.94. The number of carbonyl (C=O) groups is 1. The lowest BCUT2D eigenvalue weighted by Crippen LogP contribution is -2.44. The van der Waals surface area contributed by atoms with Crippen LogP contribution in [-0.4, -0.2) is 16.1 Å². The molecule has 0 heterocycles. The lowest BCUT2D eigenvalue weighted by atomic mass is 10.2. The summed E-state index contributed by atoms with van der Waals surface area (Å²) < 4.78 is 0.515. The van der Waals surface area contributed by atoms with Crippen LogP contribution in [0, 0.1) is 0 Å². The first-order valence-electron chi connectivity index (χ1n) is 3.85. The van der Waals surface area contributed by atoms with Gasteiger partial charge in [0.1, 0.15) is 5.75 Å². The third-order valence-corrected chi connectivity index (χ3v) is 2.28. The van der Waals surface area contributed by atoms with Crippen molar-refractivity contribution in [3.63, 3.8) is 0 Å². The van der Waals surface area contributed by atoms with Crippen molar-refractivity contribution in [2.24, 2.45) is 5.73 Å². The van der Waals surface area contributed by atoms with Gasteiger partial charge in [-0.3, -0.25) is 15.6 Å². The van der Waals surface area contributed by atoms with Crippen LogP contribution in [0.1, 0.15) is 10.4 Å². The summed E-state index contributed by atoms with van der Waals surface area (Å²) in [4.78, 5) is 11.4. The number of nitrogens with two attached hydrogens (primary N) is 1. The van der Waals surface area contributed by atoms with Gasteiger partial charge in [0, 0.05) is 5.56 Å². The van der Waals surface area contributed by atoms with E-state index in [4.69, 9.17) is 5.73 Å². The standard InChI is InChI=1S/C8H8BrN3O2S/c9-5-2-1-4(3-6(5)13)7(14)11-12-8(10)15/h1-3,13H,(H,11,14)(H3,10,12,15). The molecule has 15 heavy (non-hydrogen) atoms. The molecule has 0 spiro atoms. The third-order valence-electron chi connectivity index (χ3n) is 1.51. The minimum Gasteiger partial charge on any atom is -0.507 e. The topological polar surface area (TPSA) is 87.4 Å². The molecule has 0 atom stereocenters. The summed E-state index contributed by atoms with van der Waals surface area (Å²) in [6, 6.07) is 4.42. The number of carbonyl (C=O) groups excluding carboxylic acids is 1. The molecule has 0 saturated carbocycles. The normalized spacial score (nSPS) is 9.40. The largest absolute Gasteiger partial charge is 0.507 e. The number of rotatable bonds is 1. The highest BCUT2D eigenvalue weighted by atomic mass is 79.9. The van der Waals surface area contributed by atoms with Crippen LogP contribution >= 0.6 is 28.1 Å². The van der Waals surface area contributed by atoms with Crippen LogP contribution in [0.15, 0.2) is 22.7 Å². The fourth-order valence-electron chi connectivity index (χ4n) is 0.844. The van der Waals surface area contributed by atoms with Crippen LogP contribution < -0.4 is 16.6 Å². The Morgan fingerprint density at radius 2 is 2.13 bits per heavy atom. The van der Waals surface area contributed by atoms with Crippen molar-refractivity contribution >= 4 is 39.2 Å². The Morgan fingerprint density at radius 1 is 1.47 bits per heavy atom. The van der Waals surface area contributed by atoms with Crippen molar-refractivity contribution in [2.75, 3.05) is 0 Å². The van der Waals surface area contributed by atoms with Crippen LogP contribution in [-0.2, 0) is 0 Å². The van der Waals surface area contributed by atoms with Gasteiger partial charge >= 0.3 is 0 Å². The molecule has 0 aliphatic heterocycles. The summed E-state index contributed by atoms with van der Waals surface area (Å²) in [5, 5.41) is 9.29. The summed E-state index contributed by atoms with van der Waals surface area (Å²) in [5.41, 5.74) is 9.97. The molecule has 1 amide bonds. The maximum absolute atomic E-state index is 11.4. The molecule has 0 radical (unpaired) electrons. The Kier molecular flexibility index (Phi) is 3.87. The number of thiocarbonyl (C=S) groups is 1. The Hall–Kier alpha value is -1.34. The van der Waals surface area contributed by atoms with Gasteiger partial charge in [-0.25, -0.2) is 0 Å². The number of nitrogens with one attached hydrogen (secondary N) is 2. The van der Waals surface area contributed by atoms with Crippen molar-refractivity contribution in [1.29, 1.82) is 0 Å². The van der Waals surface area contributed by atoms with E-state index in [9.17, 15) is 9.90 Å². The molecule has 0 aromatic heterocycles. The summed E-state index contributed by atoms with van der Waals surface area (Å²) in [6.07, 6.45) is 0. The van der Waals surface area contributed by atoms with Crippen molar-refractivity contribution in [3.05, 3.63) is 28.2 Å². The molecular formula is C8H8BrN3O2S. The molecule has 0 aliphatic rings. The van der Waals surface area contributed by atoms with Gasteiger partial charge < -0.3 is 10.8 Å². The Morgan fingerprint density at radius 3 is 2.67 bits per heavy atom. The lowest BCUT2D eigenvalue weighted by molar-refractivity contribution is 0.0943. The van der Waals surface area contributed by atoms with Gasteiger partial charge in [-0.1, -0.05) is 0 Å². The van der Waals surface area contributed by atoms with Gasteiger partial charge in [0.05, 0.1) is 4.47 Å². The summed E-state index contributed by atoms with van der Waals surface area (Å²) in [5.74, 6) is -0.455. The molecular weight excluding hydrogens is 282 g/mol. The maximum Gasteiger partial charge on any atom is 0.269 e. The van der Waals surface area contributed by atoms with Gasteiger partial charge in [0.2, 0.25) is 0 Å². The van der Waals surface area contributed by atoms with E-state index in [1.165, 1.54) is 6.07 Å². The van der Waals surface area contributed by atoms with E-state index in [2.05, 4.69) is 39.0 Å². The minimum atomic E-state index is -0.439. The molecule has 0 fully saturated rings. The summed E-state index contributed by atoms with van der Waals surface area (Å²) >= 11 is 7.61.